The molecular weight excluding hydrogens is 354 g/mol. The molecule has 0 aromatic heterocycles. The predicted molar refractivity (Wildman–Crippen MR) is 89.5 cm³/mol. The fourth-order valence-electron chi connectivity index (χ4n) is 1.92. The van der Waals surface area contributed by atoms with Gasteiger partial charge in [0.2, 0.25) is 0 Å². The second kappa shape index (κ2) is 6.96. The normalized spacial score (nSPS) is 10.3. The van der Waals surface area contributed by atoms with Crippen LogP contribution in [0.2, 0.25) is 5.02 Å². The number of rotatable bonds is 4. The summed E-state index contributed by atoms with van der Waals surface area (Å²) in [5.74, 6) is 0.403. The van der Waals surface area contributed by atoms with Crippen LogP contribution in [0, 0.1) is 6.92 Å². The zero-order valence-electron chi connectivity index (χ0n) is 11.7. The second-order valence-electron chi connectivity index (χ2n) is 4.44. The van der Waals surface area contributed by atoms with Crippen LogP contribution in [0.4, 0.5) is 5.69 Å². The lowest BCUT2D eigenvalue weighted by Crippen LogP contribution is -2.14. The van der Waals surface area contributed by atoms with Gasteiger partial charge >= 0.3 is 0 Å². The van der Waals surface area contributed by atoms with Crippen LogP contribution in [0.3, 0.4) is 0 Å². The van der Waals surface area contributed by atoms with E-state index in [1.807, 2.05) is 26.0 Å². The van der Waals surface area contributed by atoms with Crippen molar-refractivity contribution < 1.29 is 9.53 Å². The van der Waals surface area contributed by atoms with Gasteiger partial charge in [-0.2, -0.15) is 0 Å². The first-order chi connectivity index (χ1) is 10.0. The van der Waals surface area contributed by atoms with Crippen LogP contribution in [0.25, 0.3) is 0 Å². The summed E-state index contributed by atoms with van der Waals surface area (Å²) in [4.78, 5) is 12.4. The number of carbonyl (C=O) groups excluding carboxylic acids is 1. The third-order valence-electron chi connectivity index (χ3n) is 3.00. The lowest BCUT2D eigenvalue weighted by molar-refractivity contribution is 0.102. The summed E-state index contributed by atoms with van der Waals surface area (Å²) in [6.45, 7) is 4.29. The lowest BCUT2D eigenvalue weighted by atomic mass is 10.1. The van der Waals surface area contributed by atoms with E-state index >= 15 is 0 Å². The fraction of sp³-hybridized carbons (Fsp3) is 0.188. The molecule has 0 radical (unpaired) electrons. The van der Waals surface area contributed by atoms with Gasteiger partial charge in [-0.3, -0.25) is 4.79 Å². The summed E-state index contributed by atoms with van der Waals surface area (Å²) in [5.41, 5.74) is 2.05. The zero-order chi connectivity index (χ0) is 15.4. The molecule has 0 saturated heterocycles. The van der Waals surface area contributed by atoms with Gasteiger partial charge in [0.05, 0.1) is 12.3 Å². The molecule has 0 spiro atoms. The maximum Gasteiger partial charge on any atom is 0.256 e. The number of hydrogen-bond acceptors (Lipinski definition) is 2. The maximum atomic E-state index is 12.4. The van der Waals surface area contributed by atoms with Gasteiger partial charge in [0.15, 0.2) is 0 Å². The molecule has 0 heterocycles. The van der Waals surface area contributed by atoms with E-state index in [9.17, 15) is 4.79 Å². The molecule has 0 bridgehead atoms. The topological polar surface area (TPSA) is 38.3 Å². The summed E-state index contributed by atoms with van der Waals surface area (Å²) in [5, 5.41) is 3.39. The molecule has 2 aromatic rings. The summed E-state index contributed by atoms with van der Waals surface area (Å²) < 4.78 is 6.39. The van der Waals surface area contributed by atoms with Gasteiger partial charge < -0.3 is 10.1 Å². The molecule has 3 nitrogen and oxygen atoms in total. The van der Waals surface area contributed by atoms with E-state index in [1.54, 1.807) is 24.3 Å². The number of ether oxygens (including phenoxy) is 1. The molecule has 5 heteroatoms. The minimum atomic E-state index is -0.197. The van der Waals surface area contributed by atoms with Crippen molar-refractivity contribution in [2.75, 3.05) is 11.9 Å². The van der Waals surface area contributed by atoms with Gasteiger partial charge in [0, 0.05) is 15.1 Å². The van der Waals surface area contributed by atoms with E-state index in [0.717, 1.165) is 10.0 Å². The average molecular weight is 369 g/mol. The Labute approximate surface area is 137 Å². The molecule has 0 aliphatic rings. The molecule has 0 saturated carbocycles. The molecule has 1 amide bonds. The van der Waals surface area contributed by atoms with Crippen LogP contribution >= 0.6 is 27.5 Å². The number of nitrogens with one attached hydrogen (secondary N) is 1. The number of halogens is 2. The van der Waals surface area contributed by atoms with Crippen LogP contribution < -0.4 is 10.1 Å². The second-order valence-corrected chi connectivity index (χ2v) is 5.73. The summed E-state index contributed by atoms with van der Waals surface area (Å²) in [7, 11) is 0. The fourth-order valence-corrected chi connectivity index (χ4v) is 2.46. The molecule has 0 aliphatic carbocycles. The zero-order valence-corrected chi connectivity index (χ0v) is 14.1. The Morgan fingerprint density at radius 3 is 2.81 bits per heavy atom. The molecule has 2 aromatic carbocycles. The molecule has 0 aliphatic heterocycles. The Morgan fingerprint density at radius 1 is 1.33 bits per heavy atom. The van der Waals surface area contributed by atoms with E-state index in [2.05, 4.69) is 21.2 Å². The van der Waals surface area contributed by atoms with E-state index in [4.69, 9.17) is 16.3 Å². The van der Waals surface area contributed by atoms with Crippen molar-refractivity contribution in [3.8, 4) is 5.75 Å². The van der Waals surface area contributed by atoms with E-state index in [-0.39, 0.29) is 5.91 Å². The van der Waals surface area contributed by atoms with Crippen molar-refractivity contribution >= 4 is 39.1 Å². The van der Waals surface area contributed by atoms with Crippen LogP contribution in [0.15, 0.2) is 40.9 Å². The third kappa shape index (κ3) is 3.77. The number of carbonyl (C=O) groups is 1. The first-order valence-corrected chi connectivity index (χ1v) is 7.69. The molecule has 0 atom stereocenters. The largest absolute Gasteiger partial charge is 0.492 e. The van der Waals surface area contributed by atoms with Crippen molar-refractivity contribution in [1.29, 1.82) is 0 Å². The standard InChI is InChI=1S/C16H15BrClNO2/c1-3-21-15-8-7-11(18)9-14(15)19-16(20)12-5-4-6-13(17)10(12)2/h4-9H,3H2,1-2H3,(H,19,20). The molecule has 1 N–H and O–H groups in total. The highest BCUT2D eigenvalue weighted by Crippen LogP contribution is 2.29. The smallest absolute Gasteiger partial charge is 0.256 e. The average Bonchev–Trinajstić information content (AvgIpc) is 2.45. The number of benzene rings is 2. The number of hydrogen-bond donors (Lipinski definition) is 1. The van der Waals surface area contributed by atoms with E-state index in [0.29, 0.717) is 28.6 Å². The van der Waals surface area contributed by atoms with Gasteiger partial charge in [0.25, 0.3) is 5.91 Å². The monoisotopic (exact) mass is 367 g/mol. The van der Waals surface area contributed by atoms with Gasteiger partial charge in [-0.1, -0.05) is 33.6 Å². The Balaban J connectivity index is 2.31. The summed E-state index contributed by atoms with van der Waals surface area (Å²) in [6.07, 6.45) is 0. The van der Waals surface area contributed by atoms with Crippen molar-refractivity contribution in [1.82, 2.24) is 0 Å². The SMILES string of the molecule is CCOc1ccc(Cl)cc1NC(=O)c1cccc(Br)c1C. The Morgan fingerprint density at radius 2 is 2.10 bits per heavy atom. The first-order valence-electron chi connectivity index (χ1n) is 6.51. The molecule has 0 fully saturated rings. The first kappa shape index (κ1) is 15.9. The quantitative estimate of drug-likeness (QED) is 0.819. The van der Waals surface area contributed by atoms with Crippen molar-refractivity contribution in [2.45, 2.75) is 13.8 Å². The molecule has 2 rings (SSSR count). The van der Waals surface area contributed by atoms with Crippen LogP contribution in [-0.2, 0) is 0 Å². The van der Waals surface area contributed by atoms with Gasteiger partial charge in [-0.15, -0.1) is 0 Å². The highest BCUT2D eigenvalue weighted by molar-refractivity contribution is 9.10. The summed E-state index contributed by atoms with van der Waals surface area (Å²) in [6, 6.07) is 10.7. The van der Waals surface area contributed by atoms with E-state index < -0.39 is 0 Å². The Hall–Kier alpha value is -1.52. The van der Waals surface area contributed by atoms with Crippen LogP contribution in [-0.4, -0.2) is 12.5 Å². The van der Waals surface area contributed by atoms with Crippen LogP contribution in [0.5, 0.6) is 5.75 Å². The van der Waals surface area contributed by atoms with Crippen LogP contribution in [0.1, 0.15) is 22.8 Å². The van der Waals surface area contributed by atoms with Gasteiger partial charge in [-0.25, -0.2) is 0 Å². The van der Waals surface area contributed by atoms with E-state index in [1.165, 1.54) is 0 Å². The minimum absolute atomic E-state index is 0.197. The number of amides is 1. The Bertz CT molecular complexity index is 673. The molecule has 0 unspecified atom stereocenters. The van der Waals surface area contributed by atoms with Gasteiger partial charge in [0.1, 0.15) is 5.75 Å². The van der Waals surface area contributed by atoms with Crippen molar-refractivity contribution in [3.05, 3.63) is 57.0 Å². The molecular formula is C16H15BrClNO2. The Kier molecular flexibility index (Phi) is 5.26. The van der Waals surface area contributed by atoms with Crippen molar-refractivity contribution in [2.24, 2.45) is 0 Å². The highest BCUT2D eigenvalue weighted by atomic mass is 79.9. The molecule has 21 heavy (non-hydrogen) atoms. The number of anilines is 1. The lowest BCUT2D eigenvalue weighted by Gasteiger charge is -2.13. The maximum absolute atomic E-state index is 12.4. The minimum Gasteiger partial charge on any atom is -0.492 e. The summed E-state index contributed by atoms with van der Waals surface area (Å²) >= 11 is 9.41. The van der Waals surface area contributed by atoms with Crippen molar-refractivity contribution in [3.63, 3.8) is 0 Å². The predicted octanol–water partition coefficient (Wildman–Crippen LogP) is 5.06. The highest BCUT2D eigenvalue weighted by Gasteiger charge is 2.13. The third-order valence-corrected chi connectivity index (χ3v) is 4.10. The van der Waals surface area contributed by atoms with Gasteiger partial charge in [-0.05, 0) is 49.7 Å². The molecule has 110 valence electrons.